The second-order valence-corrected chi connectivity index (χ2v) is 7.17. The first kappa shape index (κ1) is 19.3. The van der Waals surface area contributed by atoms with Crippen molar-refractivity contribution in [3.05, 3.63) is 54.4 Å². The van der Waals surface area contributed by atoms with E-state index in [1.54, 1.807) is 13.2 Å². The lowest BCUT2D eigenvalue weighted by molar-refractivity contribution is -0.135. The van der Waals surface area contributed by atoms with E-state index < -0.39 is 0 Å². The fourth-order valence-corrected chi connectivity index (χ4v) is 3.66. The van der Waals surface area contributed by atoms with Crippen LogP contribution in [0.3, 0.4) is 0 Å². The molecule has 0 spiro atoms. The number of methoxy groups -OCH3 is 1. The smallest absolute Gasteiger partial charge is 0.260 e. The third-order valence-corrected chi connectivity index (χ3v) is 5.39. The predicted octanol–water partition coefficient (Wildman–Crippen LogP) is 2.31. The van der Waals surface area contributed by atoms with Gasteiger partial charge in [0.15, 0.2) is 18.1 Å². The summed E-state index contributed by atoms with van der Waals surface area (Å²) < 4.78 is 13.1. The predicted molar refractivity (Wildman–Crippen MR) is 111 cm³/mol. The molecule has 1 fully saturated rings. The summed E-state index contributed by atoms with van der Waals surface area (Å²) in [7, 11) is 3.65. The maximum atomic E-state index is 12.5. The molecule has 1 amide bonds. The van der Waals surface area contributed by atoms with E-state index in [1.807, 2.05) is 41.3 Å². The number of para-hydroxylation sites is 4. The Hall–Kier alpha value is -3.06. The maximum absolute atomic E-state index is 12.5. The Balaban J connectivity index is 1.29. The first-order chi connectivity index (χ1) is 14.2. The molecule has 1 aliphatic rings. The molecule has 4 rings (SSSR count). The highest BCUT2D eigenvalue weighted by molar-refractivity contribution is 5.78. The van der Waals surface area contributed by atoms with Crippen LogP contribution in [0.2, 0.25) is 0 Å². The average Bonchev–Trinajstić information content (AvgIpc) is 3.08. The number of ether oxygens (including phenoxy) is 2. The monoisotopic (exact) mass is 394 g/mol. The van der Waals surface area contributed by atoms with Crippen LogP contribution >= 0.6 is 0 Å². The molecule has 2 aromatic carbocycles. The summed E-state index contributed by atoms with van der Waals surface area (Å²) in [4.78, 5) is 21.5. The van der Waals surface area contributed by atoms with Crippen LogP contribution < -0.4 is 9.47 Å². The Labute approximate surface area is 170 Å². The summed E-state index contributed by atoms with van der Waals surface area (Å²) in [6, 6.07) is 15.5. The number of aromatic nitrogens is 2. The molecule has 0 atom stereocenters. The van der Waals surface area contributed by atoms with Gasteiger partial charge in [0.25, 0.3) is 5.91 Å². The first-order valence-electron chi connectivity index (χ1n) is 9.82. The van der Waals surface area contributed by atoms with E-state index in [0.29, 0.717) is 24.6 Å². The van der Waals surface area contributed by atoms with Crippen molar-refractivity contribution in [2.24, 2.45) is 7.05 Å². The molecule has 0 aliphatic carbocycles. The summed E-state index contributed by atoms with van der Waals surface area (Å²) in [5.74, 6) is 2.26. The van der Waals surface area contributed by atoms with Crippen LogP contribution in [-0.4, -0.2) is 65.2 Å². The van der Waals surface area contributed by atoms with Crippen LogP contribution in [0, 0.1) is 0 Å². The molecule has 152 valence electrons. The molecule has 0 radical (unpaired) electrons. The Morgan fingerprint density at radius 3 is 2.41 bits per heavy atom. The summed E-state index contributed by atoms with van der Waals surface area (Å²) in [6.45, 7) is 3.83. The van der Waals surface area contributed by atoms with Crippen molar-refractivity contribution in [1.82, 2.24) is 19.4 Å². The second-order valence-electron chi connectivity index (χ2n) is 7.17. The molecule has 7 nitrogen and oxygen atoms in total. The zero-order valence-corrected chi connectivity index (χ0v) is 16.9. The topological polar surface area (TPSA) is 59.8 Å². The largest absolute Gasteiger partial charge is 0.493 e. The Kier molecular flexibility index (Phi) is 5.67. The minimum absolute atomic E-state index is 0.00159. The van der Waals surface area contributed by atoms with Crippen molar-refractivity contribution in [3.63, 3.8) is 0 Å². The molecule has 1 aliphatic heterocycles. The molecule has 1 saturated heterocycles. The highest BCUT2D eigenvalue weighted by Gasteiger charge is 2.23. The van der Waals surface area contributed by atoms with E-state index in [0.717, 1.165) is 36.5 Å². The number of carbonyl (C=O) groups is 1. The van der Waals surface area contributed by atoms with E-state index in [4.69, 9.17) is 14.5 Å². The number of benzene rings is 2. The summed E-state index contributed by atoms with van der Waals surface area (Å²) >= 11 is 0. The third-order valence-electron chi connectivity index (χ3n) is 5.39. The van der Waals surface area contributed by atoms with Gasteiger partial charge in [0.1, 0.15) is 5.82 Å². The summed E-state index contributed by atoms with van der Waals surface area (Å²) in [5.41, 5.74) is 2.16. The zero-order valence-electron chi connectivity index (χ0n) is 16.9. The SMILES string of the molecule is COc1ccccc1OCC(=O)N1CCN(Cc2nc3ccccc3n2C)CC1. The van der Waals surface area contributed by atoms with Crippen LogP contribution in [0.4, 0.5) is 0 Å². The number of aryl methyl sites for hydroxylation is 1. The molecule has 0 bridgehead atoms. The van der Waals surface area contributed by atoms with Gasteiger partial charge in [-0.2, -0.15) is 0 Å². The van der Waals surface area contributed by atoms with Crippen molar-refractivity contribution in [1.29, 1.82) is 0 Å². The number of fused-ring (bicyclic) bond motifs is 1. The van der Waals surface area contributed by atoms with Gasteiger partial charge < -0.3 is 18.9 Å². The van der Waals surface area contributed by atoms with Gasteiger partial charge in [-0.3, -0.25) is 9.69 Å². The van der Waals surface area contributed by atoms with Gasteiger partial charge in [-0.25, -0.2) is 4.98 Å². The van der Waals surface area contributed by atoms with Gasteiger partial charge in [-0.05, 0) is 24.3 Å². The van der Waals surface area contributed by atoms with Gasteiger partial charge in [0.2, 0.25) is 0 Å². The lowest BCUT2D eigenvalue weighted by atomic mass is 10.3. The maximum Gasteiger partial charge on any atom is 0.260 e. The van der Waals surface area contributed by atoms with Gasteiger partial charge in [-0.1, -0.05) is 24.3 Å². The van der Waals surface area contributed by atoms with Crippen molar-refractivity contribution < 1.29 is 14.3 Å². The molecule has 0 N–H and O–H groups in total. The van der Waals surface area contributed by atoms with E-state index in [-0.39, 0.29) is 12.5 Å². The van der Waals surface area contributed by atoms with Gasteiger partial charge in [0, 0.05) is 33.2 Å². The number of carbonyl (C=O) groups excluding carboxylic acids is 1. The molecule has 29 heavy (non-hydrogen) atoms. The van der Waals surface area contributed by atoms with E-state index in [2.05, 4.69) is 22.6 Å². The lowest BCUT2D eigenvalue weighted by Crippen LogP contribution is -2.49. The molecular formula is C22H26N4O3. The number of amides is 1. The van der Waals surface area contributed by atoms with Crippen LogP contribution in [0.1, 0.15) is 5.82 Å². The number of rotatable bonds is 6. The summed E-state index contributed by atoms with van der Waals surface area (Å²) in [6.07, 6.45) is 0. The van der Waals surface area contributed by atoms with Crippen molar-refractivity contribution in [3.8, 4) is 11.5 Å². The minimum atomic E-state index is -0.00159. The fourth-order valence-electron chi connectivity index (χ4n) is 3.66. The first-order valence-corrected chi connectivity index (χ1v) is 9.82. The van der Waals surface area contributed by atoms with E-state index >= 15 is 0 Å². The fraction of sp³-hybridized carbons (Fsp3) is 0.364. The molecule has 0 saturated carbocycles. The van der Waals surface area contributed by atoms with Gasteiger partial charge >= 0.3 is 0 Å². The van der Waals surface area contributed by atoms with Crippen LogP contribution in [0.5, 0.6) is 11.5 Å². The Morgan fingerprint density at radius 2 is 1.69 bits per heavy atom. The number of imidazole rings is 1. The molecular weight excluding hydrogens is 368 g/mol. The van der Waals surface area contributed by atoms with E-state index in [1.165, 1.54) is 0 Å². The quantitative estimate of drug-likeness (QED) is 0.642. The van der Waals surface area contributed by atoms with Crippen molar-refractivity contribution >= 4 is 16.9 Å². The van der Waals surface area contributed by atoms with Crippen LogP contribution in [0.25, 0.3) is 11.0 Å². The summed E-state index contributed by atoms with van der Waals surface area (Å²) in [5, 5.41) is 0. The second kappa shape index (κ2) is 8.53. The normalized spacial score (nSPS) is 14.9. The van der Waals surface area contributed by atoms with Gasteiger partial charge in [-0.15, -0.1) is 0 Å². The molecule has 0 unspecified atom stereocenters. The van der Waals surface area contributed by atoms with Crippen LogP contribution in [-0.2, 0) is 18.4 Å². The van der Waals surface area contributed by atoms with Crippen LogP contribution in [0.15, 0.2) is 48.5 Å². The number of hydrogen-bond acceptors (Lipinski definition) is 5. The average molecular weight is 394 g/mol. The number of piperazine rings is 1. The lowest BCUT2D eigenvalue weighted by Gasteiger charge is -2.34. The van der Waals surface area contributed by atoms with Gasteiger partial charge in [0.05, 0.1) is 24.7 Å². The highest BCUT2D eigenvalue weighted by atomic mass is 16.5. The molecule has 2 heterocycles. The molecule has 1 aromatic heterocycles. The molecule has 7 heteroatoms. The van der Waals surface area contributed by atoms with Crippen molar-refractivity contribution in [2.75, 3.05) is 39.9 Å². The Morgan fingerprint density at radius 1 is 1.00 bits per heavy atom. The van der Waals surface area contributed by atoms with E-state index in [9.17, 15) is 4.79 Å². The van der Waals surface area contributed by atoms with Crippen molar-refractivity contribution in [2.45, 2.75) is 6.54 Å². The Bertz CT molecular complexity index is 993. The number of hydrogen-bond donors (Lipinski definition) is 0. The third kappa shape index (κ3) is 4.19. The molecule has 3 aromatic rings. The minimum Gasteiger partial charge on any atom is -0.493 e. The highest BCUT2D eigenvalue weighted by Crippen LogP contribution is 2.25. The zero-order chi connectivity index (χ0) is 20.2. The standard InChI is InChI=1S/C22H26N4O3/c1-24-18-8-4-3-7-17(18)23-21(24)15-25-11-13-26(14-12-25)22(27)16-29-20-10-6-5-9-19(20)28-2/h3-10H,11-16H2,1-2H3. The number of nitrogens with zero attached hydrogens (tertiary/aromatic N) is 4.